The Morgan fingerprint density at radius 3 is 2.45 bits per heavy atom. The van der Waals surface area contributed by atoms with Gasteiger partial charge in [0.05, 0.1) is 5.75 Å². The van der Waals surface area contributed by atoms with Gasteiger partial charge in [0.2, 0.25) is 11.8 Å². The van der Waals surface area contributed by atoms with Crippen molar-refractivity contribution in [3.8, 4) is 0 Å². The summed E-state index contributed by atoms with van der Waals surface area (Å²) in [6.07, 6.45) is 2.51. The van der Waals surface area contributed by atoms with Crippen LogP contribution in [0.4, 0.5) is 0 Å². The number of carbonyl (C=O) groups is 2. The monoisotopic (exact) mass is 460 g/mol. The predicted octanol–water partition coefficient (Wildman–Crippen LogP) is 5.61. The fourth-order valence-electron chi connectivity index (χ4n) is 3.32. The molecule has 1 unspecified atom stereocenters. The van der Waals surface area contributed by atoms with Crippen molar-refractivity contribution in [3.05, 3.63) is 70.2 Å². The fourth-order valence-corrected chi connectivity index (χ4v) is 4.43. The van der Waals surface area contributed by atoms with E-state index in [2.05, 4.69) is 31.3 Å². The summed E-state index contributed by atoms with van der Waals surface area (Å²) in [6, 6.07) is 15.2. The topological polar surface area (TPSA) is 49.4 Å². The van der Waals surface area contributed by atoms with Gasteiger partial charge in [0.1, 0.15) is 6.04 Å². The Morgan fingerprint density at radius 2 is 1.81 bits per heavy atom. The maximum atomic E-state index is 13.2. The first-order chi connectivity index (χ1) is 15.0. The molecule has 1 atom stereocenters. The van der Waals surface area contributed by atoms with Gasteiger partial charge in [0.25, 0.3) is 0 Å². The average molecular weight is 461 g/mol. The Morgan fingerprint density at radius 1 is 1.10 bits per heavy atom. The average Bonchev–Trinajstić information content (AvgIpc) is 2.76. The summed E-state index contributed by atoms with van der Waals surface area (Å²) in [5.74, 6) is 1.00. The minimum Gasteiger partial charge on any atom is -0.354 e. The molecular formula is C25H33ClN2O2S. The second-order valence-corrected chi connectivity index (χ2v) is 9.06. The van der Waals surface area contributed by atoms with Crippen LogP contribution in [0.25, 0.3) is 0 Å². The Bertz CT molecular complexity index is 842. The number of carbonyl (C=O) groups excluding carboxylic acids is 2. The highest BCUT2D eigenvalue weighted by molar-refractivity contribution is 7.99. The van der Waals surface area contributed by atoms with Gasteiger partial charge in [-0.05, 0) is 48.6 Å². The van der Waals surface area contributed by atoms with E-state index in [0.717, 1.165) is 24.2 Å². The molecule has 2 aromatic rings. The van der Waals surface area contributed by atoms with Crippen LogP contribution in [0.2, 0.25) is 5.02 Å². The molecule has 4 nitrogen and oxygen atoms in total. The molecular weight excluding hydrogens is 428 g/mol. The highest BCUT2D eigenvalue weighted by atomic mass is 35.5. The number of aryl methyl sites for hydroxylation is 1. The van der Waals surface area contributed by atoms with Gasteiger partial charge in [0.15, 0.2) is 0 Å². The summed E-state index contributed by atoms with van der Waals surface area (Å²) in [5.41, 5.74) is 3.41. The van der Waals surface area contributed by atoms with Gasteiger partial charge in [-0.3, -0.25) is 9.59 Å². The molecule has 0 aliphatic heterocycles. The van der Waals surface area contributed by atoms with Crippen molar-refractivity contribution in [3.63, 3.8) is 0 Å². The lowest BCUT2D eigenvalue weighted by Gasteiger charge is -2.30. The lowest BCUT2D eigenvalue weighted by molar-refractivity contribution is -0.139. The van der Waals surface area contributed by atoms with Gasteiger partial charge >= 0.3 is 0 Å². The summed E-state index contributed by atoms with van der Waals surface area (Å²) >= 11 is 7.60. The second-order valence-electron chi connectivity index (χ2n) is 7.64. The van der Waals surface area contributed by atoms with Gasteiger partial charge < -0.3 is 10.2 Å². The molecule has 0 saturated carbocycles. The molecule has 0 saturated heterocycles. The van der Waals surface area contributed by atoms with E-state index in [4.69, 9.17) is 11.6 Å². The number of thioether (sulfide) groups is 1. The summed E-state index contributed by atoms with van der Waals surface area (Å²) in [6.45, 7) is 7.15. The van der Waals surface area contributed by atoms with Crippen molar-refractivity contribution in [1.29, 1.82) is 0 Å². The van der Waals surface area contributed by atoms with Crippen LogP contribution in [-0.2, 0) is 21.9 Å². The van der Waals surface area contributed by atoms with E-state index in [1.807, 2.05) is 43.3 Å². The van der Waals surface area contributed by atoms with Crippen molar-refractivity contribution in [1.82, 2.24) is 10.2 Å². The fraction of sp³-hybridized carbons (Fsp3) is 0.440. The molecule has 0 fully saturated rings. The van der Waals surface area contributed by atoms with Gasteiger partial charge in [-0.2, -0.15) is 0 Å². The van der Waals surface area contributed by atoms with Gasteiger partial charge in [-0.15, -0.1) is 11.8 Å². The van der Waals surface area contributed by atoms with Crippen molar-refractivity contribution < 1.29 is 9.59 Å². The number of amides is 2. The van der Waals surface area contributed by atoms with Crippen LogP contribution < -0.4 is 5.32 Å². The Kier molecular flexibility index (Phi) is 11.0. The number of halogens is 1. The number of nitrogens with zero attached hydrogens (tertiary/aromatic N) is 1. The zero-order valence-electron chi connectivity index (χ0n) is 18.7. The summed E-state index contributed by atoms with van der Waals surface area (Å²) in [5, 5.41) is 3.65. The Balaban J connectivity index is 2.10. The van der Waals surface area contributed by atoms with Gasteiger partial charge in [-0.25, -0.2) is 0 Å². The summed E-state index contributed by atoms with van der Waals surface area (Å²) in [4.78, 5) is 27.8. The van der Waals surface area contributed by atoms with Gasteiger partial charge in [0, 0.05) is 23.9 Å². The molecule has 2 amide bonds. The molecule has 0 heterocycles. The molecule has 1 N–H and O–H groups in total. The number of hydrogen-bond donors (Lipinski definition) is 1. The SMILES string of the molecule is CCCCNC(=O)C(CC)N(Cc1ccc(Cl)cc1)C(=O)CSCc1ccccc1C. The third-order valence-electron chi connectivity index (χ3n) is 5.23. The molecule has 0 aliphatic carbocycles. The molecule has 168 valence electrons. The zero-order chi connectivity index (χ0) is 22.6. The maximum absolute atomic E-state index is 13.2. The first-order valence-corrected chi connectivity index (χ1v) is 12.4. The minimum absolute atomic E-state index is 0.0222. The van der Waals surface area contributed by atoms with E-state index >= 15 is 0 Å². The van der Waals surface area contributed by atoms with Crippen LogP contribution in [0.3, 0.4) is 0 Å². The van der Waals surface area contributed by atoms with Crippen LogP contribution in [0, 0.1) is 6.92 Å². The zero-order valence-corrected chi connectivity index (χ0v) is 20.3. The molecule has 31 heavy (non-hydrogen) atoms. The van der Waals surface area contributed by atoms with Crippen LogP contribution in [0.15, 0.2) is 48.5 Å². The summed E-state index contributed by atoms with van der Waals surface area (Å²) in [7, 11) is 0. The van der Waals surface area contributed by atoms with E-state index in [0.29, 0.717) is 30.3 Å². The summed E-state index contributed by atoms with van der Waals surface area (Å²) < 4.78 is 0. The first-order valence-electron chi connectivity index (χ1n) is 10.9. The highest BCUT2D eigenvalue weighted by Gasteiger charge is 2.28. The van der Waals surface area contributed by atoms with Crippen molar-refractivity contribution >= 4 is 35.2 Å². The molecule has 6 heteroatoms. The third-order valence-corrected chi connectivity index (χ3v) is 6.44. The Hall–Kier alpha value is -1.98. The predicted molar refractivity (Wildman–Crippen MR) is 131 cm³/mol. The van der Waals surface area contributed by atoms with Crippen LogP contribution in [-0.4, -0.2) is 35.1 Å². The number of unbranched alkanes of at least 4 members (excludes halogenated alkanes) is 1. The van der Waals surface area contributed by atoms with E-state index in [9.17, 15) is 9.59 Å². The number of rotatable bonds is 12. The maximum Gasteiger partial charge on any atom is 0.242 e. The number of hydrogen-bond acceptors (Lipinski definition) is 3. The lowest BCUT2D eigenvalue weighted by Crippen LogP contribution is -2.49. The largest absolute Gasteiger partial charge is 0.354 e. The minimum atomic E-state index is -0.487. The van der Waals surface area contributed by atoms with E-state index in [-0.39, 0.29) is 11.8 Å². The van der Waals surface area contributed by atoms with Crippen LogP contribution >= 0.6 is 23.4 Å². The van der Waals surface area contributed by atoms with E-state index in [1.165, 1.54) is 11.1 Å². The Labute approximate surface area is 195 Å². The quantitative estimate of drug-likeness (QED) is 0.419. The molecule has 0 aliphatic rings. The van der Waals surface area contributed by atoms with Crippen LogP contribution in [0.1, 0.15) is 49.8 Å². The van der Waals surface area contributed by atoms with Crippen LogP contribution in [0.5, 0.6) is 0 Å². The molecule has 0 bridgehead atoms. The normalized spacial score (nSPS) is 11.7. The first kappa shape index (κ1) is 25.3. The van der Waals surface area contributed by atoms with Crippen molar-refractivity contribution in [2.75, 3.05) is 12.3 Å². The smallest absolute Gasteiger partial charge is 0.242 e. The lowest BCUT2D eigenvalue weighted by atomic mass is 10.1. The van der Waals surface area contributed by atoms with E-state index in [1.54, 1.807) is 16.7 Å². The molecule has 2 aromatic carbocycles. The molecule has 0 radical (unpaired) electrons. The third kappa shape index (κ3) is 8.23. The van der Waals surface area contributed by atoms with E-state index < -0.39 is 6.04 Å². The number of benzene rings is 2. The van der Waals surface area contributed by atoms with Crippen molar-refractivity contribution in [2.24, 2.45) is 0 Å². The molecule has 2 rings (SSSR count). The molecule has 0 spiro atoms. The highest BCUT2D eigenvalue weighted by Crippen LogP contribution is 2.19. The van der Waals surface area contributed by atoms with Gasteiger partial charge in [-0.1, -0.05) is 68.3 Å². The van der Waals surface area contributed by atoms with Crippen molar-refractivity contribution in [2.45, 2.75) is 58.4 Å². The number of nitrogens with one attached hydrogen (secondary N) is 1. The standard InChI is InChI=1S/C25H33ClN2O2S/c1-4-6-15-27-25(30)23(5-2)28(16-20-11-13-22(26)14-12-20)24(29)18-31-17-21-10-8-7-9-19(21)3/h7-14,23H,4-6,15-18H2,1-3H3,(H,27,30). The molecule has 0 aromatic heterocycles. The second kappa shape index (κ2) is 13.4.